The number of hydrogen-bond donors (Lipinski definition) is 3. The number of hydrogen-bond acceptors (Lipinski definition) is 5. The van der Waals surface area contributed by atoms with Gasteiger partial charge in [0.15, 0.2) is 11.1 Å². The minimum atomic E-state index is -0.745. The zero-order chi connectivity index (χ0) is 23.6. The highest BCUT2D eigenvalue weighted by Crippen LogP contribution is 2.51. The van der Waals surface area contributed by atoms with Crippen LogP contribution in [0.15, 0.2) is 53.5 Å². The second kappa shape index (κ2) is 10.8. The van der Waals surface area contributed by atoms with Crippen molar-refractivity contribution in [2.24, 2.45) is 16.6 Å². The van der Waals surface area contributed by atoms with E-state index in [1.807, 2.05) is 26.0 Å². The van der Waals surface area contributed by atoms with Crippen LogP contribution in [-0.2, 0) is 16.1 Å². The number of likely N-dealkylation sites (tertiary alicyclic amines) is 1. The quantitative estimate of drug-likeness (QED) is 0.424. The Morgan fingerprint density at radius 2 is 2.09 bits per heavy atom. The first kappa shape index (κ1) is 26.0. The van der Waals surface area contributed by atoms with E-state index >= 15 is 4.39 Å². The molecule has 4 rings (SSSR count). The Morgan fingerprint density at radius 1 is 1.35 bits per heavy atom. The maximum absolute atomic E-state index is 15.3. The van der Waals surface area contributed by atoms with Crippen molar-refractivity contribution in [2.75, 3.05) is 19.6 Å². The summed E-state index contributed by atoms with van der Waals surface area (Å²) < 4.78 is 20.3. The van der Waals surface area contributed by atoms with Gasteiger partial charge in [-0.3, -0.25) is 15.2 Å². The number of fused-ring (bicyclic) bond motifs is 1. The lowest BCUT2D eigenvalue weighted by atomic mass is 9.86. The Balaban J connectivity index is 0.00000324. The summed E-state index contributed by atoms with van der Waals surface area (Å²) in [7, 11) is 0. The van der Waals surface area contributed by atoms with Gasteiger partial charge in [0.1, 0.15) is 5.82 Å². The minimum absolute atomic E-state index is 0. The number of nitrogens with two attached hydrogens (primary N) is 1. The summed E-state index contributed by atoms with van der Waals surface area (Å²) in [6.45, 7) is 5.53. The average molecular weight is 506 g/mol. The van der Waals surface area contributed by atoms with Crippen LogP contribution in [0, 0.1) is 17.1 Å². The van der Waals surface area contributed by atoms with Crippen molar-refractivity contribution in [1.29, 1.82) is 5.41 Å². The molecule has 4 N–H and O–H groups in total. The van der Waals surface area contributed by atoms with Crippen molar-refractivity contribution in [2.45, 2.75) is 31.3 Å². The van der Waals surface area contributed by atoms with Gasteiger partial charge in [-0.05, 0) is 43.7 Å². The van der Waals surface area contributed by atoms with Crippen molar-refractivity contribution in [3.8, 4) is 0 Å². The zero-order valence-electron chi connectivity index (χ0n) is 19.1. The number of amidine groups is 1. The van der Waals surface area contributed by atoms with E-state index in [9.17, 15) is 4.79 Å². The first-order chi connectivity index (χ1) is 15.8. The Labute approximate surface area is 209 Å². The van der Waals surface area contributed by atoms with Gasteiger partial charge >= 0.3 is 0 Å². The number of aliphatic imine (C=N–C) groups is 1. The van der Waals surface area contributed by atoms with E-state index in [1.165, 1.54) is 17.8 Å². The van der Waals surface area contributed by atoms with Crippen molar-refractivity contribution in [3.63, 3.8) is 0 Å². The molecule has 2 heterocycles. The van der Waals surface area contributed by atoms with Crippen LogP contribution in [0.4, 0.5) is 4.39 Å². The van der Waals surface area contributed by atoms with Crippen LogP contribution in [0.25, 0.3) is 0 Å². The molecule has 2 aliphatic rings. The fourth-order valence-corrected chi connectivity index (χ4v) is 5.66. The minimum Gasteiger partial charge on any atom is -0.374 e. The van der Waals surface area contributed by atoms with E-state index in [4.69, 9.17) is 15.9 Å². The highest BCUT2D eigenvalue weighted by molar-refractivity contribution is 8.14. The Kier molecular flexibility index (Phi) is 8.22. The monoisotopic (exact) mass is 505 g/mol. The SMILES string of the molecule is CC(C)OCc1ccc(F)c([C@]23CN(C(=N)N)C[C@@H]2CN=C(NC(=O)c2ccccc2)S3)c1.Cl. The third-order valence-electron chi connectivity index (χ3n) is 5.93. The molecule has 1 saturated heterocycles. The van der Waals surface area contributed by atoms with Crippen LogP contribution < -0.4 is 11.1 Å². The predicted molar refractivity (Wildman–Crippen MR) is 136 cm³/mol. The number of thioether (sulfide) groups is 1. The lowest BCUT2D eigenvalue weighted by Crippen LogP contribution is -2.43. The molecular weight excluding hydrogens is 477 g/mol. The summed E-state index contributed by atoms with van der Waals surface area (Å²) in [5.41, 5.74) is 7.72. The van der Waals surface area contributed by atoms with E-state index in [0.29, 0.717) is 42.5 Å². The van der Waals surface area contributed by atoms with E-state index in [-0.39, 0.29) is 42.1 Å². The molecule has 0 aliphatic carbocycles. The van der Waals surface area contributed by atoms with E-state index in [0.717, 1.165) is 5.56 Å². The number of halogens is 2. The molecule has 0 spiro atoms. The highest BCUT2D eigenvalue weighted by atomic mass is 35.5. The van der Waals surface area contributed by atoms with Crippen LogP contribution >= 0.6 is 24.2 Å². The van der Waals surface area contributed by atoms with Crippen molar-refractivity contribution >= 4 is 41.2 Å². The second-order valence-corrected chi connectivity index (χ2v) is 9.91. The number of guanidine groups is 1. The molecule has 0 saturated carbocycles. The molecule has 1 fully saturated rings. The van der Waals surface area contributed by atoms with Crippen molar-refractivity contribution < 1.29 is 13.9 Å². The first-order valence-electron chi connectivity index (χ1n) is 10.9. The van der Waals surface area contributed by atoms with Crippen LogP contribution in [-0.4, -0.2) is 47.7 Å². The largest absolute Gasteiger partial charge is 0.374 e. The molecule has 2 aliphatic heterocycles. The van der Waals surface area contributed by atoms with E-state index in [1.54, 1.807) is 35.2 Å². The Hall–Kier alpha value is -2.62. The number of benzene rings is 2. The molecular formula is C24H29ClFN5O2S. The molecule has 1 amide bonds. The maximum atomic E-state index is 15.3. The fraction of sp³-hybridized carbons (Fsp3) is 0.375. The van der Waals surface area contributed by atoms with Crippen molar-refractivity contribution in [1.82, 2.24) is 10.2 Å². The summed E-state index contributed by atoms with van der Waals surface area (Å²) >= 11 is 1.34. The number of ether oxygens (including phenoxy) is 1. The highest BCUT2D eigenvalue weighted by Gasteiger charge is 2.53. The van der Waals surface area contributed by atoms with Crippen LogP contribution in [0.2, 0.25) is 0 Å². The number of carbonyl (C=O) groups is 1. The third-order valence-corrected chi connectivity index (χ3v) is 7.40. The molecule has 0 unspecified atom stereocenters. The van der Waals surface area contributed by atoms with Gasteiger partial charge < -0.3 is 20.7 Å². The number of amides is 1. The topological polar surface area (TPSA) is 104 Å². The molecule has 34 heavy (non-hydrogen) atoms. The normalized spacial score (nSPS) is 21.5. The van der Waals surface area contributed by atoms with Crippen LogP contribution in [0.5, 0.6) is 0 Å². The van der Waals surface area contributed by atoms with Gasteiger partial charge in [0.05, 0.1) is 17.5 Å². The molecule has 0 bridgehead atoms. The van der Waals surface area contributed by atoms with Gasteiger partial charge in [0, 0.05) is 36.7 Å². The summed E-state index contributed by atoms with van der Waals surface area (Å²) in [6.07, 6.45) is 0.0556. The first-order valence-corrected chi connectivity index (χ1v) is 11.7. The molecule has 2 atom stereocenters. The smallest absolute Gasteiger partial charge is 0.257 e. The van der Waals surface area contributed by atoms with Gasteiger partial charge in [-0.15, -0.1) is 12.4 Å². The second-order valence-electron chi connectivity index (χ2n) is 8.59. The Bertz CT molecular complexity index is 1080. The maximum Gasteiger partial charge on any atom is 0.257 e. The average Bonchev–Trinajstić information content (AvgIpc) is 3.19. The van der Waals surface area contributed by atoms with Gasteiger partial charge in [-0.25, -0.2) is 4.39 Å². The standard InChI is InChI=1S/C24H28FN5O2S.ClH/c1-15(2)32-13-16-8-9-20(25)19(10-16)24-14-30(22(26)27)12-18(24)11-28-23(33-24)29-21(31)17-6-4-3-5-7-17;/h3-10,15,18H,11-14H2,1-2H3,(H3,26,27)(H,28,29,31);1H/t18-,24-;/m0./s1. The fourth-order valence-electron chi connectivity index (χ4n) is 4.23. The number of carbonyl (C=O) groups excluding carboxylic acids is 1. The number of nitrogens with zero attached hydrogens (tertiary/aromatic N) is 2. The zero-order valence-corrected chi connectivity index (χ0v) is 20.7. The summed E-state index contributed by atoms with van der Waals surface area (Å²) in [5.74, 6) is -0.725. The predicted octanol–water partition coefficient (Wildman–Crippen LogP) is 3.73. The summed E-state index contributed by atoms with van der Waals surface area (Å²) in [4.78, 5) is 19.0. The van der Waals surface area contributed by atoms with Gasteiger partial charge in [-0.2, -0.15) is 0 Å². The number of nitrogens with one attached hydrogen (secondary N) is 2. The van der Waals surface area contributed by atoms with Gasteiger partial charge in [0.25, 0.3) is 5.91 Å². The molecule has 182 valence electrons. The van der Waals surface area contributed by atoms with Crippen LogP contribution in [0.1, 0.15) is 35.3 Å². The van der Waals surface area contributed by atoms with Crippen LogP contribution in [0.3, 0.4) is 0 Å². The lowest BCUT2D eigenvalue weighted by Gasteiger charge is -2.37. The Morgan fingerprint density at radius 3 is 2.76 bits per heavy atom. The third kappa shape index (κ3) is 5.37. The van der Waals surface area contributed by atoms with Gasteiger partial charge in [0.2, 0.25) is 0 Å². The summed E-state index contributed by atoms with van der Waals surface area (Å²) in [6, 6.07) is 13.9. The molecule has 0 aromatic heterocycles. The molecule has 7 nitrogen and oxygen atoms in total. The lowest BCUT2D eigenvalue weighted by molar-refractivity contribution is 0.0656. The van der Waals surface area contributed by atoms with E-state index < -0.39 is 4.75 Å². The van der Waals surface area contributed by atoms with Crippen molar-refractivity contribution in [3.05, 3.63) is 71.0 Å². The summed E-state index contributed by atoms with van der Waals surface area (Å²) in [5, 5.41) is 11.3. The molecule has 10 heteroatoms. The molecule has 0 radical (unpaired) electrons. The molecule has 2 aromatic rings. The van der Waals surface area contributed by atoms with Gasteiger partial charge in [-0.1, -0.05) is 36.0 Å². The van der Waals surface area contributed by atoms with E-state index in [2.05, 4.69) is 10.3 Å². The number of rotatable bonds is 5. The molecule has 2 aromatic carbocycles.